The van der Waals surface area contributed by atoms with Gasteiger partial charge in [-0.25, -0.2) is 8.42 Å². The van der Waals surface area contributed by atoms with Gasteiger partial charge in [-0.15, -0.1) is 0 Å². The molecule has 1 atom stereocenters. The highest BCUT2D eigenvalue weighted by Crippen LogP contribution is 2.24. The quantitative estimate of drug-likeness (QED) is 0.854. The zero-order valence-electron chi connectivity index (χ0n) is 12.5. The van der Waals surface area contributed by atoms with Gasteiger partial charge in [0.1, 0.15) is 9.84 Å². The smallest absolute Gasteiger partial charge is 0.150 e. The molecule has 114 valence electrons. The van der Waals surface area contributed by atoms with E-state index in [0.717, 1.165) is 22.9 Å². The molecule has 0 aliphatic heterocycles. The monoisotopic (exact) mass is 306 g/mol. The van der Waals surface area contributed by atoms with E-state index in [2.05, 4.69) is 22.4 Å². The maximum atomic E-state index is 11.6. The molecule has 1 aromatic heterocycles. The number of pyridine rings is 1. The lowest BCUT2D eigenvalue weighted by Crippen LogP contribution is -2.19. The lowest BCUT2D eigenvalue weighted by Gasteiger charge is -2.17. The number of hydrogen-bond donors (Lipinski definition) is 1. The maximum absolute atomic E-state index is 11.6. The number of rotatable bonds is 7. The minimum absolute atomic E-state index is 0.0724. The van der Waals surface area contributed by atoms with Crippen molar-refractivity contribution in [2.45, 2.75) is 25.8 Å². The molecule has 2 aromatic rings. The van der Waals surface area contributed by atoms with E-state index in [1.807, 2.05) is 31.4 Å². The third-order valence-electron chi connectivity index (χ3n) is 3.77. The van der Waals surface area contributed by atoms with E-state index in [-0.39, 0.29) is 17.5 Å². The van der Waals surface area contributed by atoms with E-state index in [9.17, 15) is 8.42 Å². The summed E-state index contributed by atoms with van der Waals surface area (Å²) in [6, 6.07) is 10.2. The van der Waals surface area contributed by atoms with Gasteiger partial charge in [0.2, 0.25) is 0 Å². The zero-order chi connectivity index (χ0) is 15.3. The molecule has 0 fully saturated rings. The highest BCUT2D eigenvalue weighted by atomic mass is 32.2. The first-order valence-corrected chi connectivity index (χ1v) is 9.11. The molecule has 5 heteroatoms. The first-order valence-electron chi connectivity index (χ1n) is 7.28. The molecule has 0 saturated carbocycles. The van der Waals surface area contributed by atoms with Gasteiger partial charge < -0.3 is 5.32 Å². The first kappa shape index (κ1) is 15.9. The van der Waals surface area contributed by atoms with Crippen LogP contribution in [0.25, 0.3) is 10.8 Å². The number of hydrogen-bond acceptors (Lipinski definition) is 4. The van der Waals surface area contributed by atoms with Gasteiger partial charge in [-0.2, -0.15) is 0 Å². The van der Waals surface area contributed by atoms with Gasteiger partial charge in [0, 0.05) is 23.4 Å². The van der Waals surface area contributed by atoms with Gasteiger partial charge in [-0.1, -0.05) is 31.2 Å². The van der Waals surface area contributed by atoms with Crippen LogP contribution in [0, 0.1) is 0 Å². The Labute approximate surface area is 126 Å². The van der Waals surface area contributed by atoms with Crippen LogP contribution in [0.2, 0.25) is 0 Å². The Hall–Kier alpha value is -1.46. The van der Waals surface area contributed by atoms with E-state index < -0.39 is 9.84 Å². The normalized spacial score (nSPS) is 13.4. The van der Waals surface area contributed by atoms with Gasteiger partial charge >= 0.3 is 0 Å². The second-order valence-electron chi connectivity index (χ2n) is 5.14. The lowest BCUT2D eigenvalue weighted by molar-refractivity contribution is 0.528. The zero-order valence-corrected chi connectivity index (χ0v) is 13.4. The summed E-state index contributed by atoms with van der Waals surface area (Å²) >= 11 is 0. The van der Waals surface area contributed by atoms with Crippen LogP contribution in [-0.4, -0.2) is 32.0 Å². The Morgan fingerprint density at radius 1 is 1.24 bits per heavy atom. The fourth-order valence-corrected chi connectivity index (χ4v) is 3.39. The lowest BCUT2D eigenvalue weighted by atomic mass is 10.0. The van der Waals surface area contributed by atoms with Crippen molar-refractivity contribution in [2.24, 2.45) is 0 Å². The van der Waals surface area contributed by atoms with Crippen LogP contribution in [0.15, 0.2) is 36.5 Å². The molecule has 4 nitrogen and oxygen atoms in total. The van der Waals surface area contributed by atoms with E-state index in [4.69, 9.17) is 0 Å². The predicted octanol–water partition coefficient (Wildman–Crippen LogP) is 2.71. The molecule has 1 aromatic carbocycles. The van der Waals surface area contributed by atoms with E-state index >= 15 is 0 Å². The highest BCUT2D eigenvalue weighted by molar-refractivity contribution is 7.91. The summed E-state index contributed by atoms with van der Waals surface area (Å²) in [6.07, 6.45) is 3.22. The van der Waals surface area contributed by atoms with Crippen molar-refractivity contribution in [2.75, 3.05) is 18.6 Å². The number of benzene rings is 1. The molecule has 1 heterocycles. The van der Waals surface area contributed by atoms with E-state index in [0.29, 0.717) is 6.42 Å². The maximum Gasteiger partial charge on any atom is 0.150 e. The number of fused-ring (bicyclic) bond motifs is 1. The van der Waals surface area contributed by atoms with Crippen LogP contribution in [0.3, 0.4) is 0 Å². The number of aromatic nitrogens is 1. The Morgan fingerprint density at radius 3 is 2.71 bits per heavy atom. The number of nitrogens with one attached hydrogen (secondary N) is 1. The molecule has 1 unspecified atom stereocenters. The van der Waals surface area contributed by atoms with Crippen LogP contribution in [-0.2, 0) is 9.84 Å². The molecule has 21 heavy (non-hydrogen) atoms. The minimum atomic E-state index is -2.90. The van der Waals surface area contributed by atoms with Crippen molar-refractivity contribution in [1.82, 2.24) is 10.3 Å². The number of nitrogens with zero attached hydrogens (tertiary/aromatic N) is 1. The summed E-state index contributed by atoms with van der Waals surface area (Å²) in [5, 5.41) is 5.54. The van der Waals surface area contributed by atoms with E-state index in [1.165, 1.54) is 0 Å². The van der Waals surface area contributed by atoms with Gasteiger partial charge in [-0.05, 0) is 31.3 Å². The van der Waals surface area contributed by atoms with Crippen molar-refractivity contribution < 1.29 is 8.42 Å². The van der Waals surface area contributed by atoms with Crippen molar-refractivity contribution in [3.8, 4) is 0 Å². The average Bonchev–Trinajstić information content (AvgIpc) is 2.51. The molecule has 0 aliphatic rings. The summed E-state index contributed by atoms with van der Waals surface area (Å²) in [5.41, 5.74) is 0.990. The van der Waals surface area contributed by atoms with Crippen LogP contribution in [0.5, 0.6) is 0 Å². The van der Waals surface area contributed by atoms with Crippen molar-refractivity contribution in [3.63, 3.8) is 0 Å². The highest BCUT2D eigenvalue weighted by Gasteiger charge is 2.15. The Bertz CT molecular complexity index is 693. The standard InChI is InChI=1S/C16H22N2O2S/c1-3-21(19,20)12-6-9-15(17-2)16-14-8-5-4-7-13(14)10-11-18-16/h4-5,7-8,10-11,15,17H,3,6,9,12H2,1-2H3. The Morgan fingerprint density at radius 2 is 2.00 bits per heavy atom. The summed E-state index contributed by atoms with van der Waals surface area (Å²) in [6.45, 7) is 1.69. The molecule has 2 rings (SSSR count). The van der Waals surface area contributed by atoms with Gasteiger partial charge in [0.15, 0.2) is 0 Å². The van der Waals surface area contributed by atoms with Crippen molar-refractivity contribution in [1.29, 1.82) is 0 Å². The van der Waals surface area contributed by atoms with E-state index in [1.54, 1.807) is 6.92 Å². The Balaban J connectivity index is 2.16. The van der Waals surface area contributed by atoms with Crippen LogP contribution in [0.4, 0.5) is 0 Å². The third-order valence-corrected chi connectivity index (χ3v) is 5.56. The van der Waals surface area contributed by atoms with Gasteiger partial charge in [0.25, 0.3) is 0 Å². The molecular weight excluding hydrogens is 284 g/mol. The third kappa shape index (κ3) is 4.02. The molecule has 0 saturated heterocycles. The summed E-state index contributed by atoms with van der Waals surface area (Å²) < 4.78 is 23.2. The molecule has 0 amide bonds. The topological polar surface area (TPSA) is 59.1 Å². The first-order chi connectivity index (χ1) is 10.1. The van der Waals surface area contributed by atoms with Crippen LogP contribution in [0.1, 0.15) is 31.5 Å². The fourth-order valence-electron chi connectivity index (χ4n) is 2.49. The predicted molar refractivity (Wildman–Crippen MR) is 87.1 cm³/mol. The van der Waals surface area contributed by atoms with Crippen molar-refractivity contribution >= 4 is 20.6 Å². The summed E-state index contributed by atoms with van der Waals surface area (Å²) in [5.74, 6) is 0.455. The van der Waals surface area contributed by atoms with Gasteiger partial charge in [-0.3, -0.25) is 4.98 Å². The molecule has 0 aliphatic carbocycles. The van der Waals surface area contributed by atoms with Crippen LogP contribution >= 0.6 is 0 Å². The SMILES string of the molecule is CCS(=O)(=O)CCCC(NC)c1nccc2ccccc12. The fraction of sp³-hybridized carbons (Fsp3) is 0.438. The van der Waals surface area contributed by atoms with Gasteiger partial charge in [0.05, 0.1) is 11.4 Å². The Kier molecular flexibility index (Phi) is 5.31. The van der Waals surface area contributed by atoms with Crippen LogP contribution < -0.4 is 5.32 Å². The largest absolute Gasteiger partial charge is 0.312 e. The second kappa shape index (κ2) is 7.00. The number of sulfone groups is 1. The molecular formula is C16H22N2O2S. The summed E-state index contributed by atoms with van der Waals surface area (Å²) in [4.78, 5) is 4.50. The minimum Gasteiger partial charge on any atom is -0.312 e. The molecule has 1 N–H and O–H groups in total. The average molecular weight is 306 g/mol. The molecule has 0 bridgehead atoms. The summed E-state index contributed by atoms with van der Waals surface area (Å²) in [7, 11) is -1.00. The second-order valence-corrected chi connectivity index (χ2v) is 7.61. The molecule has 0 radical (unpaired) electrons. The van der Waals surface area contributed by atoms with Crippen molar-refractivity contribution in [3.05, 3.63) is 42.2 Å². The molecule has 0 spiro atoms.